The SMILES string of the molecule is O=C(NC1CCCC1)C1CCCN(c2nc3c(-c4ccccc4)csc3c(=O)[nH]2)C1. The number of fused-ring (bicyclic) bond motifs is 1. The molecule has 1 aliphatic heterocycles. The van der Waals surface area contributed by atoms with Crippen LogP contribution in [0, 0.1) is 5.92 Å². The maximum absolute atomic E-state index is 12.8. The third-order valence-corrected chi connectivity index (χ3v) is 7.26. The van der Waals surface area contributed by atoms with Gasteiger partial charge >= 0.3 is 0 Å². The molecule has 2 N–H and O–H groups in total. The normalized spacial score (nSPS) is 20.0. The Morgan fingerprint density at radius 1 is 1.13 bits per heavy atom. The fourth-order valence-corrected chi connectivity index (χ4v) is 5.57. The summed E-state index contributed by atoms with van der Waals surface area (Å²) in [7, 11) is 0. The number of thiophene rings is 1. The number of aromatic amines is 1. The fraction of sp³-hybridized carbons (Fsp3) is 0.435. The highest BCUT2D eigenvalue weighted by atomic mass is 32.1. The molecule has 0 spiro atoms. The lowest BCUT2D eigenvalue weighted by molar-refractivity contribution is -0.125. The van der Waals surface area contributed by atoms with Crippen LogP contribution in [-0.4, -0.2) is 35.0 Å². The number of benzene rings is 1. The highest BCUT2D eigenvalue weighted by Crippen LogP contribution is 2.32. The smallest absolute Gasteiger partial charge is 0.270 e. The van der Waals surface area contributed by atoms with E-state index in [1.54, 1.807) is 0 Å². The van der Waals surface area contributed by atoms with Crippen molar-refractivity contribution in [2.75, 3.05) is 18.0 Å². The topological polar surface area (TPSA) is 78.1 Å². The Hall–Kier alpha value is -2.67. The van der Waals surface area contributed by atoms with Gasteiger partial charge in [-0.3, -0.25) is 14.6 Å². The molecule has 1 amide bonds. The molecule has 0 radical (unpaired) electrons. The quantitative estimate of drug-likeness (QED) is 0.668. The largest absolute Gasteiger partial charge is 0.353 e. The van der Waals surface area contributed by atoms with Gasteiger partial charge in [0.1, 0.15) is 4.70 Å². The number of hydrogen-bond donors (Lipinski definition) is 2. The number of H-pyrrole nitrogens is 1. The molecule has 6 nitrogen and oxygen atoms in total. The van der Waals surface area contributed by atoms with Crippen LogP contribution in [0.1, 0.15) is 38.5 Å². The van der Waals surface area contributed by atoms with Crippen LogP contribution in [0.4, 0.5) is 5.95 Å². The number of carbonyl (C=O) groups is 1. The zero-order valence-electron chi connectivity index (χ0n) is 16.9. The molecule has 1 aliphatic carbocycles. The second-order valence-electron chi connectivity index (χ2n) is 8.36. The van der Waals surface area contributed by atoms with E-state index in [0.29, 0.717) is 23.2 Å². The van der Waals surface area contributed by atoms with Crippen LogP contribution in [0.15, 0.2) is 40.5 Å². The maximum atomic E-state index is 12.8. The molecular weight excluding hydrogens is 396 g/mol. The zero-order valence-corrected chi connectivity index (χ0v) is 17.7. The molecule has 2 fully saturated rings. The summed E-state index contributed by atoms with van der Waals surface area (Å²) in [6.45, 7) is 1.39. The molecule has 1 saturated carbocycles. The van der Waals surface area contributed by atoms with Crippen LogP contribution in [0.5, 0.6) is 0 Å². The molecule has 30 heavy (non-hydrogen) atoms. The summed E-state index contributed by atoms with van der Waals surface area (Å²) < 4.78 is 0.644. The van der Waals surface area contributed by atoms with Gasteiger partial charge in [0.2, 0.25) is 11.9 Å². The minimum absolute atomic E-state index is 0.0589. The van der Waals surface area contributed by atoms with Gasteiger partial charge in [-0.1, -0.05) is 43.2 Å². The number of hydrogen-bond acceptors (Lipinski definition) is 5. The van der Waals surface area contributed by atoms with Gasteiger partial charge in [0.15, 0.2) is 0 Å². The number of anilines is 1. The van der Waals surface area contributed by atoms with Gasteiger partial charge in [0.25, 0.3) is 5.56 Å². The van der Waals surface area contributed by atoms with E-state index in [1.807, 2.05) is 35.7 Å². The van der Waals surface area contributed by atoms with Gasteiger partial charge < -0.3 is 10.2 Å². The van der Waals surface area contributed by atoms with Crippen molar-refractivity contribution in [2.24, 2.45) is 5.92 Å². The van der Waals surface area contributed by atoms with E-state index in [0.717, 1.165) is 48.9 Å². The molecule has 0 bridgehead atoms. The lowest BCUT2D eigenvalue weighted by Crippen LogP contribution is -2.46. The van der Waals surface area contributed by atoms with Crippen LogP contribution in [-0.2, 0) is 4.79 Å². The summed E-state index contributed by atoms with van der Waals surface area (Å²) in [5.74, 6) is 0.661. The third-order valence-electron chi connectivity index (χ3n) is 6.29. The van der Waals surface area contributed by atoms with Crippen molar-refractivity contribution in [3.63, 3.8) is 0 Å². The molecule has 1 saturated heterocycles. The highest BCUT2D eigenvalue weighted by Gasteiger charge is 2.29. The van der Waals surface area contributed by atoms with Crippen molar-refractivity contribution in [3.8, 4) is 11.1 Å². The predicted octanol–water partition coefficient (Wildman–Crippen LogP) is 3.93. The first-order valence-electron chi connectivity index (χ1n) is 10.8. The first-order chi connectivity index (χ1) is 14.7. The standard InChI is InChI=1S/C23H26N4O2S/c28-21(24-17-10-4-5-11-17)16-9-6-12-27(13-16)23-25-19-18(15-7-2-1-3-8-15)14-30-20(19)22(29)26-23/h1-3,7-8,14,16-17H,4-6,9-13H2,(H,24,28)(H,25,26,29). The van der Waals surface area contributed by atoms with Crippen LogP contribution < -0.4 is 15.8 Å². The lowest BCUT2D eigenvalue weighted by atomic mass is 9.97. The van der Waals surface area contributed by atoms with E-state index in [-0.39, 0.29) is 17.4 Å². The van der Waals surface area contributed by atoms with E-state index in [1.165, 1.54) is 24.2 Å². The van der Waals surface area contributed by atoms with Crippen molar-refractivity contribution in [2.45, 2.75) is 44.6 Å². The lowest BCUT2D eigenvalue weighted by Gasteiger charge is -2.33. The Balaban J connectivity index is 1.41. The Bertz CT molecular complexity index is 1100. The number of aromatic nitrogens is 2. The van der Waals surface area contributed by atoms with Crippen LogP contribution in [0.25, 0.3) is 21.3 Å². The van der Waals surface area contributed by atoms with Gasteiger partial charge in [0, 0.05) is 30.1 Å². The predicted molar refractivity (Wildman–Crippen MR) is 121 cm³/mol. The summed E-state index contributed by atoms with van der Waals surface area (Å²) in [6.07, 6.45) is 6.39. The minimum Gasteiger partial charge on any atom is -0.353 e. The van der Waals surface area contributed by atoms with E-state index in [2.05, 4.69) is 15.2 Å². The second kappa shape index (κ2) is 8.22. The zero-order chi connectivity index (χ0) is 20.5. The number of piperidine rings is 1. The summed E-state index contributed by atoms with van der Waals surface area (Å²) in [4.78, 5) is 35.4. The van der Waals surface area contributed by atoms with E-state index in [9.17, 15) is 9.59 Å². The number of carbonyl (C=O) groups excluding carboxylic acids is 1. The van der Waals surface area contributed by atoms with E-state index >= 15 is 0 Å². The van der Waals surface area contributed by atoms with Crippen molar-refractivity contribution in [3.05, 3.63) is 46.1 Å². The Kier molecular flexibility index (Phi) is 5.29. The van der Waals surface area contributed by atoms with Gasteiger partial charge in [-0.15, -0.1) is 11.3 Å². The van der Waals surface area contributed by atoms with Gasteiger partial charge in [-0.25, -0.2) is 4.98 Å². The molecule has 3 aromatic rings. The number of amides is 1. The molecular formula is C23H26N4O2S. The Morgan fingerprint density at radius 2 is 1.93 bits per heavy atom. The first-order valence-corrected chi connectivity index (χ1v) is 11.7. The van der Waals surface area contributed by atoms with Crippen molar-refractivity contribution in [1.29, 1.82) is 0 Å². The fourth-order valence-electron chi connectivity index (χ4n) is 4.66. The molecule has 7 heteroatoms. The number of nitrogens with zero attached hydrogens (tertiary/aromatic N) is 2. The molecule has 2 aliphatic rings. The van der Waals surface area contributed by atoms with E-state index in [4.69, 9.17) is 4.98 Å². The molecule has 3 heterocycles. The van der Waals surface area contributed by atoms with Gasteiger partial charge in [-0.2, -0.15) is 0 Å². The Morgan fingerprint density at radius 3 is 2.73 bits per heavy atom. The maximum Gasteiger partial charge on any atom is 0.270 e. The molecule has 156 valence electrons. The number of nitrogens with one attached hydrogen (secondary N) is 2. The minimum atomic E-state index is -0.111. The average molecular weight is 423 g/mol. The van der Waals surface area contributed by atoms with Crippen molar-refractivity contribution in [1.82, 2.24) is 15.3 Å². The van der Waals surface area contributed by atoms with Crippen molar-refractivity contribution >= 4 is 33.4 Å². The van der Waals surface area contributed by atoms with Gasteiger partial charge in [-0.05, 0) is 31.2 Å². The van der Waals surface area contributed by atoms with Crippen LogP contribution in [0.3, 0.4) is 0 Å². The molecule has 1 aromatic carbocycles. The van der Waals surface area contributed by atoms with Gasteiger partial charge in [0.05, 0.1) is 11.4 Å². The average Bonchev–Trinajstić information content (AvgIpc) is 3.44. The van der Waals surface area contributed by atoms with E-state index < -0.39 is 0 Å². The number of rotatable bonds is 4. The summed E-state index contributed by atoms with van der Waals surface area (Å²) in [5, 5.41) is 5.23. The monoisotopic (exact) mass is 422 g/mol. The molecule has 2 aromatic heterocycles. The van der Waals surface area contributed by atoms with Crippen LogP contribution >= 0.6 is 11.3 Å². The summed E-state index contributed by atoms with van der Waals surface area (Å²) in [6, 6.07) is 10.4. The third kappa shape index (κ3) is 3.74. The second-order valence-corrected chi connectivity index (χ2v) is 9.24. The molecule has 1 unspecified atom stereocenters. The molecule has 1 atom stereocenters. The van der Waals surface area contributed by atoms with Crippen molar-refractivity contribution < 1.29 is 4.79 Å². The molecule has 5 rings (SSSR count). The summed E-state index contributed by atoms with van der Waals surface area (Å²) in [5.41, 5.74) is 2.66. The first kappa shape index (κ1) is 19.3. The Labute approximate surface area is 179 Å². The summed E-state index contributed by atoms with van der Waals surface area (Å²) >= 11 is 1.43. The van der Waals surface area contributed by atoms with Crippen LogP contribution in [0.2, 0.25) is 0 Å². The highest BCUT2D eigenvalue weighted by molar-refractivity contribution is 7.17.